The summed E-state index contributed by atoms with van der Waals surface area (Å²) >= 11 is 0. The first-order valence-corrected chi connectivity index (χ1v) is 9.98. The molecule has 6 nitrogen and oxygen atoms in total. The molecule has 0 spiro atoms. The number of amides is 2. The Morgan fingerprint density at radius 1 is 1.07 bits per heavy atom. The third kappa shape index (κ3) is 5.46. The van der Waals surface area contributed by atoms with Gasteiger partial charge in [0.25, 0.3) is 5.91 Å². The second kappa shape index (κ2) is 10.9. The lowest BCUT2D eigenvalue weighted by atomic mass is 9.94. The fraction of sp³-hybridized carbons (Fsp3) is 0.348. The number of aryl methyl sites for hydroxylation is 1. The van der Waals surface area contributed by atoms with Crippen molar-refractivity contribution in [2.45, 2.75) is 19.8 Å². The second-order valence-corrected chi connectivity index (χ2v) is 7.41. The van der Waals surface area contributed by atoms with Gasteiger partial charge in [-0.1, -0.05) is 48.0 Å². The number of piperidine rings is 1. The van der Waals surface area contributed by atoms with Crippen LogP contribution in [0.3, 0.4) is 0 Å². The molecule has 1 saturated heterocycles. The van der Waals surface area contributed by atoms with E-state index in [0.29, 0.717) is 42.9 Å². The average Bonchev–Trinajstić information content (AvgIpc) is 2.77. The van der Waals surface area contributed by atoms with Crippen LogP contribution in [-0.4, -0.2) is 48.7 Å². The Balaban J connectivity index is 0.00000320. The maximum absolute atomic E-state index is 13.2. The summed E-state index contributed by atoms with van der Waals surface area (Å²) in [7, 11) is 0. The number of carbonyl (C=O) groups is 3. The molecule has 160 valence electrons. The number of carbonyl (C=O) groups excluding carboxylic acids is 3. The second-order valence-electron chi connectivity index (χ2n) is 7.41. The topological polar surface area (TPSA) is 92.5 Å². The monoisotopic (exact) mass is 429 g/mol. The number of benzene rings is 2. The van der Waals surface area contributed by atoms with Crippen molar-refractivity contribution in [3.8, 4) is 0 Å². The maximum Gasteiger partial charge on any atom is 0.254 e. The van der Waals surface area contributed by atoms with E-state index in [2.05, 4.69) is 5.32 Å². The predicted molar refractivity (Wildman–Crippen MR) is 119 cm³/mol. The lowest BCUT2D eigenvalue weighted by Gasteiger charge is -2.32. The molecular formula is C23H28ClN3O3. The summed E-state index contributed by atoms with van der Waals surface area (Å²) in [5.41, 5.74) is 7.83. The predicted octanol–water partition coefficient (Wildman–Crippen LogP) is 2.57. The van der Waals surface area contributed by atoms with Gasteiger partial charge in [-0.15, -0.1) is 12.4 Å². The standard InChI is InChI=1S/C23H27N3O3.ClH/c1-16-8-10-17(11-9-16)21(27)19-6-2-3-7-20(19)23(29)26-14-4-5-18(15-26)22(28)25-13-12-24;/h2-3,6-11,18H,4-5,12-15,24H2,1H3,(H,25,28);1H. The van der Waals surface area contributed by atoms with Crippen LogP contribution >= 0.6 is 12.4 Å². The number of ketones is 1. The molecular weight excluding hydrogens is 402 g/mol. The molecule has 0 bridgehead atoms. The number of halogens is 1. The molecule has 0 aliphatic carbocycles. The minimum Gasteiger partial charge on any atom is -0.355 e. The number of hydrogen-bond acceptors (Lipinski definition) is 4. The van der Waals surface area contributed by atoms with Gasteiger partial charge in [0.05, 0.1) is 11.5 Å². The lowest BCUT2D eigenvalue weighted by molar-refractivity contribution is -0.126. The van der Waals surface area contributed by atoms with Crippen molar-refractivity contribution in [2.75, 3.05) is 26.2 Å². The summed E-state index contributed by atoms with van der Waals surface area (Å²) in [4.78, 5) is 40.2. The summed E-state index contributed by atoms with van der Waals surface area (Å²) in [5.74, 6) is -0.711. The lowest BCUT2D eigenvalue weighted by Crippen LogP contribution is -2.46. The van der Waals surface area contributed by atoms with Crippen LogP contribution in [0.2, 0.25) is 0 Å². The van der Waals surface area contributed by atoms with Crippen LogP contribution in [0.4, 0.5) is 0 Å². The van der Waals surface area contributed by atoms with Crippen LogP contribution in [0.15, 0.2) is 48.5 Å². The Labute approximate surface area is 183 Å². The normalized spacial score (nSPS) is 15.8. The van der Waals surface area contributed by atoms with Gasteiger partial charge < -0.3 is 16.0 Å². The van der Waals surface area contributed by atoms with Crippen molar-refractivity contribution in [3.05, 3.63) is 70.8 Å². The van der Waals surface area contributed by atoms with Crippen LogP contribution in [0, 0.1) is 12.8 Å². The highest BCUT2D eigenvalue weighted by molar-refractivity contribution is 6.15. The third-order valence-corrected chi connectivity index (χ3v) is 5.24. The highest BCUT2D eigenvalue weighted by Gasteiger charge is 2.30. The number of rotatable bonds is 6. The molecule has 1 heterocycles. The molecule has 1 aliphatic heterocycles. The van der Waals surface area contributed by atoms with Gasteiger partial charge in [-0.25, -0.2) is 0 Å². The summed E-state index contributed by atoms with van der Waals surface area (Å²) in [6, 6.07) is 14.2. The van der Waals surface area contributed by atoms with Crippen LogP contribution in [0.25, 0.3) is 0 Å². The average molecular weight is 430 g/mol. The van der Waals surface area contributed by atoms with Crippen molar-refractivity contribution < 1.29 is 14.4 Å². The summed E-state index contributed by atoms with van der Waals surface area (Å²) in [6.45, 7) is 3.70. The van der Waals surface area contributed by atoms with Gasteiger partial charge in [0, 0.05) is 37.3 Å². The molecule has 2 aromatic rings. The summed E-state index contributed by atoms with van der Waals surface area (Å²) in [5, 5.41) is 2.80. The molecule has 1 atom stereocenters. The molecule has 1 unspecified atom stereocenters. The number of likely N-dealkylation sites (tertiary alicyclic amines) is 1. The highest BCUT2D eigenvalue weighted by Crippen LogP contribution is 2.22. The molecule has 2 aromatic carbocycles. The quantitative estimate of drug-likeness (QED) is 0.690. The molecule has 0 aromatic heterocycles. The first-order chi connectivity index (χ1) is 14.0. The number of nitrogens with zero attached hydrogens (tertiary/aromatic N) is 1. The van der Waals surface area contributed by atoms with E-state index >= 15 is 0 Å². The van der Waals surface area contributed by atoms with Crippen molar-refractivity contribution in [1.82, 2.24) is 10.2 Å². The van der Waals surface area contributed by atoms with E-state index in [1.54, 1.807) is 41.3 Å². The largest absolute Gasteiger partial charge is 0.355 e. The molecule has 2 amide bonds. The van der Waals surface area contributed by atoms with Crippen LogP contribution in [0.1, 0.15) is 44.7 Å². The fourth-order valence-electron chi connectivity index (χ4n) is 3.61. The molecule has 3 rings (SSSR count). The van der Waals surface area contributed by atoms with E-state index < -0.39 is 0 Å². The van der Waals surface area contributed by atoms with Crippen LogP contribution < -0.4 is 11.1 Å². The van der Waals surface area contributed by atoms with Gasteiger partial charge in [-0.2, -0.15) is 0 Å². The van der Waals surface area contributed by atoms with Crippen molar-refractivity contribution in [3.63, 3.8) is 0 Å². The van der Waals surface area contributed by atoms with Gasteiger partial charge in [0.2, 0.25) is 5.91 Å². The van der Waals surface area contributed by atoms with E-state index in [9.17, 15) is 14.4 Å². The van der Waals surface area contributed by atoms with E-state index in [1.807, 2.05) is 19.1 Å². The summed E-state index contributed by atoms with van der Waals surface area (Å²) in [6.07, 6.45) is 1.49. The van der Waals surface area contributed by atoms with Gasteiger partial charge >= 0.3 is 0 Å². The van der Waals surface area contributed by atoms with Gasteiger partial charge in [-0.05, 0) is 25.8 Å². The maximum atomic E-state index is 13.2. The van der Waals surface area contributed by atoms with E-state index in [1.165, 1.54) is 0 Å². The Bertz CT molecular complexity index is 899. The zero-order chi connectivity index (χ0) is 20.8. The van der Waals surface area contributed by atoms with Crippen LogP contribution in [-0.2, 0) is 4.79 Å². The Morgan fingerprint density at radius 3 is 2.40 bits per heavy atom. The van der Waals surface area contributed by atoms with Gasteiger partial charge in [0.1, 0.15) is 0 Å². The van der Waals surface area contributed by atoms with Crippen molar-refractivity contribution >= 4 is 30.0 Å². The van der Waals surface area contributed by atoms with Crippen LogP contribution in [0.5, 0.6) is 0 Å². The third-order valence-electron chi connectivity index (χ3n) is 5.24. The van der Waals surface area contributed by atoms with E-state index in [-0.39, 0.29) is 35.9 Å². The summed E-state index contributed by atoms with van der Waals surface area (Å²) < 4.78 is 0. The van der Waals surface area contributed by atoms with E-state index in [4.69, 9.17) is 5.73 Å². The van der Waals surface area contributed by atoms with Crippen molar-refractivity contribution in [2.24, 2.45) is 11.7 Å². The minimum absolute atomic E-state index is 0. The molecule has 7 heteroatoms. The Hall–Kier alpha value is -2.70. The first kappa shape index (κ1) is 23.6. The molecule has 1 aliphatic rings. The minimum atomic E-state index is -0.251. The molecule has 0 radical (unpaired) electrons. The Kier molecular flexibility index (Phi) is 8.57. The molecule has 0 saturated carbocycles. The smallest absolute Gasteiger partial charge is 0.254 e. The zero-order valence-electron chi connectivity index (χ0n) is 17.1. The number of nitrogens with two attached hydrogens (primary N) is 1. The molecule has 30 heavy (non-hydrogen) atoms. The first-order valence-electron chi connectivity index (χ1n) is 9.98. The number of hydrogen-bond donors (Lipinski definition) is 2. The SMILES string of the molecule is Cc1ccc(C(=O)c2ccccc2C(=O)N2CCCC(C(=O)NCCN)C2)cc1.Cl. The van der Waals surface area contributed by atoms with Gasteiger partial charge in [0.15, 0.2) is 5.78 Å². The van der Waals surface area contributed by atoms with Crippen molar-refractivity contribution in [1.29, 1.82) is 0 Å². The zero-order valence-corrected chi connectivity index (χ0v) is 17.9. The van der Waals surface area contributed by atoms with Gasteiger partial charge in [-0.3, -0.25) is 14.4 Å². The molecule has 1 fully saturated rings. The van der Waals surface area contributed by atoms with E-state index in [0.717, 1.165) is 18.4 Å². The highest BCUT2D eigenvalue weighted by atomic mass is 35.5. The number of nitrogens with one attached hydrogen (secondary N) is 1. The fourth-order valence-corrected chi connectivity index (χ4v) is 3.61. The molecule has 3 N–H and O–H groups in total. The Morgan fingerprint density at radius 2 is 1.73 bits per heavy atom.